The number of nitrogens with zero attached hydrogens (tertiary/aromatic N) is 6. The molecule has 3 heterocycles. The van der Waals surface area contributed by atoms with Crippen LogP contribution in [0.25, 0.3) is 5.65 Å². The third kappa shape index (κ3) is 3.50. The average molecular weight is 351 g/mol. The van der Waals surface area contributed by atoms with Crippen molar-refractivity contribution in [2.75, 3.05) is 42.9 Å². The van der Waals surface area contributed by atoms with Crippen LogP contribution in [0.1, 0.15) is 5.56 Å². The molecule has 1 aliphatic heterocycles. The van der Waals surface area contributed by atoms with Crippen LogP contribution in [0.15, 0.2) is 42.7 Å². The van der Waals surface area contributed by atoms with Crippen molar-refractivity contribution in [2.24, 2.45) is 0 Å². The Labute approximate surface area is 151 Å². The second-order valence-corrected chi connectivity index (χ2v) is 6.45. The first-order chi connectivity index (χ1) is 12.7. The Hall–Kier alpha value is -3.00. The summed E-state index contributed by atoms with van der Waals surface area (Å²) in [5.74, 6) is 0.929. The number of benzene rings is 1. The number of nitrogens with one attached hydrogen (secondary N) is 1. The molecule has 0 aliphatic carbocycles. The summed E-state index contributed by atoms with van der Waals surface area (Å²) in [5, 5.41) is 15.3. The van der Waals surface area contributed by atoms with Crippen LogP contribution in [-0.4, -0.2) is 63.3 Å². The normalized spacial score (nSPS) is 15.3. The fraction of sp³-hybridized carbons (Fsp3) is 0.333. The molecule has 1 aliphatic rings. The summed E-state index contributed by atoms with van der Waals surface area (Å²) >= 11 is 0. The van der Waals surface area contributed by atoms with Gasteiger partial charge in [-0.25, -0.2) is 0 Å². The minimum Gasteiger partial charge on any atom is -0.353 e. The van der Waals surface area contributed by atoms with Gasteiger partial charge in [0.25, 0.3) is 0 Å². The summed E-state index contributed by atoms with van der Waals surface area (Å²) in [7, 11) is 0. The second kappa shape index (κ2) is 7.09. The molecule has 1 aromatic carbocycles. The number of aryl methyl sites for hydroxylation is 1. The van der Waals surface area contributed by atoms with Crippen molar-refractivity contribution >= 4 is 23.1 Å². The molecule has 3 aromatic rings. The Morgan fingerprint density at radius 2 is 1.92 bits per heavy atom. The highest BCUT2D eigenvalue weighted by Crippen LogP contribution is 2.15. The van der Waals surface area contributed by atoms with Crippen LogP contribution in [-0.2, 0) is 4.79 Å². The number of hydrogen-bond acceptors (Lipinski definition) is 6. The molecule has 0 radical (unpaired) electrons. The van der Waals surface area contributed by atoms with Gasteiger partial charge in [0.15, 0.2) is 5.65 Å². The Balaban J connectivity index is 1.32. The van der Waals surface area contributed by atoms with Gasteiger partial charge in [-0.2, -0.15) is 4.52 Å². The van der Waals surface area contributed by atoms with E-state index in [1.54, 1.807) is 10.8 Å². The second-order valence-electron chi connectivity index (χ2n) is 6.45. The molecule has 0 bridgehead atoms. The maximum Gasteiger partial charge on any atom is 0.238 e. The SMILES string of the molecule is Cc1ccccc1NC(=O)CN1CCN(c2ccc3nncn3n2)CC1. The first kappa shape index (κ1) is 16.5. The Bertz CT molecular complexity index is 915. The predicted molar refractivity (Wildman–Crippen MR) is 99.2 cm³/mol. The van der Waals surface area contributed by atoms with Gasteiger partial charge in [0.05, 0.1) is 6.54 Å². The van der Waals surface area contributed by atoms with E-state index in [0.29, 0.717) is 6.54 Å². The molecule has 8 heteroatoms. The lowest BCUT2D eigenvalue weighted by atomic mass is 10.2. The van der Waals surface area contributed by atoms with Crippen molar-refractivity contribution in [3.05, 3.63) is 48.3 Å². The van der Waals surface area contributed by atoms with E-state index in [2.05, 4.69) is 30.4 Å². The number of para-hydroxylation sites is 1. The zero-order valence-corrected chi connectivity index (χ0v) is 14.7. The third-order valence-electron chi connectivity index (χ3n) is 4.63. The van der Waals surface area contributed by atoms with E-state index in [-0.39, 0.29) is 5.91 Å². The Kier molecular flexibility index (Phi) is 4.49. The van der Waals surface area contributed by atoms with E-state index in [9.17, 15) is 4.79 Å². The standard InChI is InChI=1S/C18H21N7O/c1-14-4-2-3-5-15(14)20-18(26)12-23-8-10-24(11-9-23)17-7-6-16-21-19-13-25(16)22-17/h2-7,13H,8-12H2,1H3,(H,20,26). The summed E-state index contributed by atoms with van der Waals surface area (Å²) in [6.45, 7) is 5.71. The maximum atomic E-state index is 12.3. The first-order valence-corrected chi connectivity index (χ1v) is 8.69. The van der Waals surface area contributed by atoms with E-state index in [1.165, 1.54) is 0 Å². The Morgan fingerprint density at radius 1 is 1.12 bits per heavy atom. The van der Waals surface area contributed by atoms with Gasteiger partial charge in [-0.05, 0) is 30.7 Å². The predicted octanol–water partition coefficient (Wildman–Crippen LogP) is 1.19. The van der Waals surface area contributed by atoms with Gasteiger partial charge >= 0.3 is 0 Å². The van der Waals surface area contributed by atoms with E-state index < -0.39 is 0 Å². The van der Waals surface area contributed by atoms with E-state index in [0.717, 1.165) is 48.9 Å². The molecule has 0 unspecified atom stereocenters. The van der Waals surface area contributed by atoms with Crippen LogP contribution in [0.5, 0.6) is 0 Å². The van der Waals surface area contributed by atoms with Crippen molar-refractivity contribution in [1.82, 2.24) is 24.7 Å². The molecule has 4 rings (SSSR count). The zero-order valence-electron chi connectivity index (χ0n) is 14.7. The maximum absolute atomic E-state index is 12.3. The number of anilines is 2. The highest BCUT2D eigenvalue weighted by atomic mass is 16.2. The van der Waals surface area contributed by atoms with Gasteiger partial charge in [0.1, 0.15) is 12.1 Å². The number of fused-ring (bicyclic) bond motifs is 1. The minimum atomic E-state index is 0.0248. The molecule has 1 N–H and O–H groups in total. The first-order valence-electron chi connectivity index (χ1n) is 8.69. The lowest BCUT2D eigenvalue weighted by molar-refractivity contribution is -0.117. The number of aromatic nitrogens is 4. The van der Waals surface area contributed by atoms with E-state index in [1.807, 2.05) is 43.3 Å². The summed E-state index contributed by atoms with van der Waals surface area (Å²) in [4.78, 5) is 16.7. The fourth-order valence-electron chi connectivity index (χ4n) is 3.13. The van der Waals surface area contributed by atoms with Crippen molar-refractivity contribution in [2.45, 2.75) is 6.92 Å². The Morgan fingerprint density at radius 3 is 2.73 bits per heavy atom. The summed E-state index contributed by atoms with van der Waals surface area (Å²) in [5.41, 5.74) is 2.68. The van der Waals surface area contributed by atoms with Gasteiger partial charge in [-0.1, -0.05) is 18.2 Å². The van der Waals surface area contributed by atoms with Crippen LogP contribution < -0.4 is 10.2 Å². The number of carbonyl (C=O) groups excluding carboxylic acids is 1. The van der Waals surface area contributed by atoms with Crippen molar-refractivity contribution in [3.63, 3.8) is 0 Å². The molecule has 0 saturated carbocycles. The van der Waals surface area contributed by atoms with Gasteiger partial charge in [0.2, 0.25) is 5.91 Å². The number of carbonyl (C=O) groups is 1. The average Bonchev–Trinajstić information content (AvgIpc) is 3.12. The number of piperazine rings is 1. The van der Waals surface area contributed by atoms with Crippen LogP contribution in [0.2, 0.25) is 0 Å². The monoisotopic (exact) mass is 351 g/mol. The molecule has 1 saturated heterocycles. The molecule has 0 atom stereocenters. The number of hydrogen-bond donors (Lipinski definition) is 1. The smallest absolute Gasteiger partial charge is 0.238 e. The van der Waals surface area contributed by atoms with Crippen LogP contribution in [0.3, 0.4) is 0 Å². The van der Waals surface area contributed by atoms with Gasteiger partial charge in [-0.15, -0.1) is 15.3 Å². The van der Waals surface area contributed by atoms with Crippen LogP contribution >= 0.6 is 0 Å². The lowest BCUT2D eigenvalue weighted by Gasteiger charge is -2.34. The molecular formula is C18H21N7O. The summed E-state index contributed by atoms with van der Waals surface area (Å²) in [6.07, 6.45) is 1.60. The molecule has 0 spiro atoms. The quantitative estimate of drug-likeness (QED) is 0.761. The van der Waals surface area contributed by atoms with Gasteiger partial charge in [-0.3, -0.25) is 9.69 Å². The summed E-state index contributed by atoms with van der Waals surface area (Å²) < 4.78 is 1.68. The molecule has 1 fully saturated rings. The van der Waals surface area contributed by atoms with Gasteiger partial charge < -0.3 is 10.2 Å². The highest BCUT2D eigenvalue weighted by molar-refractivity contribution is 5.92. The van der Waals surface area contributed by atoms with Crippen LogP contribution in [0, 0.1) is 6.92 Å². The molecule has 1 amide bonds. The largest absolute Gasteiger partial charge is 0.353 e. The van der Waals surface area contributed by atoms with Crippen LogP contribution in [0.4, 0.5) is 11.5 Å². The van der Waals surface area contributed by atoms with Crippen molar-refractivity contribution < 1.29 is 4.79 Å². The lowest BCUT2D eigenvalue weighted by Crippen LogP contribution is -2.49. The molecule has 26 heavy (non-hydrogen) atoms. The third-order valence-corrected chi connectivity index (χ3v) is 4.63. The van der Waals surface area contributed by atoms with E-state index >= 15 is 0 Å². The topological polar surface area (TPSA) is 78.7 Å². The zero-order chi connectivity index (χ0) is 17.9. The highest BCUT2D eigenvalue weighted by Gasteiger charge is 2.20. The van der Waals surface area contributed by atoms with E-state index in [4.69, 9.17) is 0 Å². The summed E-state index contributed by atoms with van der Waals surface area (Å²) in [6, 6.07) is 11.7. The number of rotatable bonds is 4. The molecular weight excluding hydrogens is 330 g/mol. The minimum absolute atomic E-state index is 0.0248. The molecule has 134 valence electrons. The molecule has 2 aromatic heterocycles. The van der Waals surface area contributed by atoms with Crippen molar-refractivity contribution in [1.29, 1.82) is 0 Å². The van der Waals surface area contributed by atoms with Gasteiger partial charge in [0, 0.05) is 31.9 Å². The van der Waals surface area contributed by atoms with Crippen molar-refractivity contribution in [3.8, 4) is 0 Å². The number of amides is 1. The fourth-order valence-corrected chi connectivity index (χ4v) is 3.13. The molecule has 8 nitrogen and oxygen atoms in total.